The molecule has 0 radical (unpaired) electrons. The van der Waals surface area contributed by atoms with Gasteiger partial charge in [-0.15, -0.1) is 0 Å². The number of anilines is 1. The van der Waals surface area contributed by atoms with E-state index < -0.39 is 0 Å². The van der Waals surface area contributed by atoms with Crippen LogP contribution in [-0.2, 0) is 9.59 Å². The molecule has 3 aliphatic rings. The van der Waals surface area contributed by atoms with Gasteiger partial charge in [-0.25, -0.2) is 4.90 Å². The number of hydrogen-bond donors (Lipinski definition) is 0. The van der Waals surface area contributed by atoms with E-state index in [0.29, 0.717) is 17.2 Å². The van der Waals surface area contributed by atoms with Crippen molar-refractivity contribution in [3.05, 3.63) is 54.1 Å². The lowest BCUT2D eigenvalue weighted by atomic mass is 9.79. The molecule has 0 saturated heterocycles. The number of fused-ring (bicyclic) bond motifs is 2. The second-order valence-corrected chi connectivity index (χ2v) is 5.89. The predicted octanol–water partition coefficient (Wildman–Crippen LogP) is 2.84. The minimum Gasteiger partial charge on any atom is -0.269 e. The van der Waals surface area contributed by atoms with Gasteiger partial charge in [0.15, 0.2) is 0 Å². The number of allylic oxidation sites excluding steroid dienone is 2. The van der Waals surface area contributed by atoms with Crippen molar-refractivity contribution in [3.63, 3.8) is 0 Å². The highest BCUT2D eigenvalue weighted by Crippen LogP contribution is 2.54. The van der Waals surface area contributed by atoms with Crippen molar-refractivity contribution in [2.45, 2.75) is 19.3 Å². The highest BCUT2D eigenvalue weighted by atomic mass is 16.2. The Bertz CT molecular complexity index is 659. The lowest BCUT2D eigenvalue weighted by Crippen LogP contribution is -2.33. The normalized spacial score (nSPS) is 31.3. The summed E-state index contributed by atoms with van der Waals surface area (Å²) >= 11 is 0. The number of amides is 2. The van der Waals surface area contributed by atoms with E-state index in [9.17, 15) is 9.59 Å². The summed E-state index contributed by atoms with van der Waals surface area (Å²) in [5.41, 5.74) is 1.16. The second-order valence-electron chi connectivity index (χ2n) is 5.89. The van der Waals surface area contributed by atoms with Crippen LogP contribution in [0.25, 0.3) is 0 Å². The molecule has 1 fully saturated rings. The number of nitrogens with zero attached hydrogens (tertiary/aromatic N) is 1. The van der Waals surface area contributed by atoms with E-state index in [0.717, 1.165) is 19.3 Å². The van der Waals surface area contributed by atoms with Gasteiger partial charge in [0.1, 0.15) is 0 Å². The Balaban J connectivity index is 1.72. The van der Waals surface area contributed by atoms with Crippen molar-refractivity contribution in [3.8, 4) is 0 Å². The lowest BCUT2D eigenvalue weighted by molar-refractivity contribution is -0.120. The molecule has 2 aliphatic carbocycles. The smallest absolute Gasteiger partial charge is 0.262 e. The van der Waals surface area contributed by atoms with Crippen LogP contribution in [0.2, 0.25) is 0 Å². The SMILES string of the molecule is O=C1C=C(C23C=CC(CC2)C3)C(=O)N1c1ccccc1. The third-order valence-electron chi connectivity index (χ3n) is 4.75. The van der Waals surface area contributed by atoms with E-state index in [1.807, 2.05) is 18.2 Å². The van der Waals surface area contributed by atoms with Crippen LogP contribution in [0.4, 0.5) is 5.69 Å². The topological polar surface area (TPSA) is 37.4 Å². The fourth-order valence-electron chi connectivity index (χ4n) is 3.73. The molecular formula is C17H15NO2. The van der Waals surface area contributed by atoms with Crippen LogP contribution in [0.1, 0.15) is 19.3 Å². The van der Waals surface area contributed by atoms with Crippen molar-refractivity contribution in [1.82, 2.24) is 0 Å². The van der Waals surface area contributed by atoms with Crippen LogP contribution in [0.3, 0.4) is 0 Å². The molecule has 3 heteroatoms. The zero-order valence-corrected chi connectivity index (χ0v) is 11.1. The maximum absolute atomic E-state index is 12.7. The molecule has 3 nitrogen and oxygen atoms in total. The van der Waals surface area contributed by atoms with Crippen LogP contribution in [0.15, 0.2) is 54.1 Å². The first-order valence-corrected chi connectivity index (χ1v) is 7.05. The van der Waals surface area contributed by atoms with Crippen molar-refractivity contribution in [2.75, 3.05) is 4.90 Å². The summed E-state index contributed by atoms with van der Waals surface area (Å²) in [6.45, 7) is 0. The average molecular weight is 265 g/mol. The summed E-state index contributed by atoms with van der Waals surface area (Å²) in [7, 11) is 0. The summed E-state index contributed by atoms with van der Waals surface area (Å²) in [6, 6.07) is 9.15. The highest BCUT2D eigenvalue weighted by molar-refractivity contribution is 6.31. The highest BCUT2D eigenvalue weighted by Gasteiger charge is 2.49. The van der Waals surface area contributed by atoms with Gasteiger partial charge in [-0.05, 0) is 37.3 Å². The van der Waals surface area contributed by atoms with Gasteiger partial charge < -0.3 is 0 Å². The van der Waals surface area contributed by atoms with Gasteiger partial charge in [-0.3, -0.25) is 9.59 Å². The maximum Gasteiger partial charge on any atom is 0.262 e. The molecule has 20 heavy (non-hydrogen) atoms. The molecule has 2 unspecified atom stereocenters. The molecule has 1 aromatic rings. The van der Waals surface area contributed by atoms with Gasteiger partial charge in [-0.1, -0.05) is 30.4 Å². The van der Waals surface area contributed by atoms with Gasteiger partial charge in [-0.2, -0.15) is 0 Å². The molecule has 1 aromatic carbocycles. The Labute approximate surface area is 117 Å². The van der Waals surface area contributed by atoms with E-state index in [-0.39, 0.29) is 17.2 Å². The largest absolute Gasteiger partial charge is 0.269 e. The Kier molecular flexibility index (Phi) is 2.28. The lowest BCUT2D eigenvalue weighted by Gasteiger charge is -2.25. The summed E-state index contributed by atoms with van der Waals surface area (Å²) < 4.78 is 0. The summed E-state index contributed by atoms with van der Waals surface area (Å²) in [5, 5.41) is 0. The van der Waals surface area contributed by atoms with E-state index in [2.05, 4.69) is 12.2 Å². The molecular weight excluding hydrogens is 250 g/mol. The quantitative estimate of drug-likeness (QED) is 0.609. The predicted molar refractivity (Wildman–Crippen MR) is 75.9 cm³/mol. The molecule has 0 N–H and O–H groups in total. The molecule has 4 rings (SSSR count). The fraction of sp³-hybridized carbons (Fsp3) is 0.294. The number of para-hydroxylation sites is 1. The maximum atomic E-state index is 12.7. The average Bonchev–Trinajstić information content (AvgIpc) is 3.14. The summed E-state index contributed by atoms with van der Waals surface area (Å²) in [5.74, 6) is 0.229. The number of carbonyl (C=O) groups excluding carboxylic acids is 2. The molecule has 2 atom stereocenters. The fourth-order valence-corrected chi connectivity index (χ4v) is 3.73. The van der Waals surface area contributed by atoms with Crippen molar-refractivity contribution in [1.29, 1.82) is 0 Å². The number of imide groups is 1. The van der Waals surface area contributed by atoms with Crippen molar-refractivity contribution in [2.24, 2.45) is 11.3 Å². The molecule has 0 aromatic heterocycles. The summed E-state index contributed by atoms with van der Waals surface area (Å²) in [4.78, 5) is 26.2. The molecule has 1 aliphatic heterocycles. The minimum absolute atomic E-state index is 0.145. The Morgan fingerprint density at radius 2 is 1.95 bits per heavy atom. The first-order valence-electron chi connectivity index (χ1n) is 7.05. The molecule has 1 saturated carbocycles. The molecule has 100 valence electrons. The zero-order valence-electron chi connectivity index (χ0n) is 11.1. The molecule has 0 spiro atoms. The molecule has 2 bridgehead atoms. The number of rotatable bonds is 2. The third-order valence-corrected chi connectivity index (χ3v) is 4.75. The zero-order chi connectivity index (χ0) is 13.7. The van der Waals surface area contributed by atoms with Gasteiger partial charge >= 0.3 is 0 Å². The first-order chi connectivity index (χ1) is 9.70. The van der Waals surface area contributed by atoms with E-state index in [1.165, 1.54) is 4.90 Å². The standard InChI is InChI=1S/C17H15NO2/c19-15-10-14(17-8-6-12(11-17)7-9-17)16(20)18(15)13-4-2-1-3-5-13/h1-6,8,10,12H,7,9,11H2. The van der Waals surface area contributed by atoms with Gasteiger partial charge in [0.05, 0.1) is 5.69 Å². The molecule has 2 amide bonds. The van der Waals surface area contributed by atoms with Crippen LogP contribution in [-0.4, -0.2) is 11.8 Å². The minimum atomic E-state index is -0.214. The summed E-state index contributed by atoms with van der Waals surface area (Å²) in [6.07, 6.45) is 9.00. The van der Waals surface area contributed by atoms with Gasteiger partial charge in [0, 0.05) is 17.1 Å². The monoisotopic (exact) mass is 265 g/mol. The van der Waals surface area contributed by atoms with Crippen LogP contribution in [0.5, 0.6) is 0 Å². The third kappa shape index (κ3) is 1.46. The van der Waals surface area contributed by atoms with Gasteiger partial charge in [0.2, 0.25) is 0 Å². The molecule has 1 heterocycles. The number of hydrogen-bond acceptors (Lipinski definition) is 2. The Morgan fingerprint density at radius 1 is 1.15 bits per heavy atom. The number of carbonyl (C=O) groups is 2. The van der Waals surface area contributed by atoms with E-state index >= 15 is 0 Å². The Morgan fingerprint density at radius 3 is 2.55 bits per heavy atom. The van der Waals surface area contributed by atoms with E-state index in [4.69, 9.17) is 0 Å². The van der Waals surface area contributed by atoms with Crippen molar-refractivity contribution >= 4 is 17.5 Å². The van der Waals surface area contributed by atoms with E-state index in [1.54, 1.807) is 18.2 Å². The Hall–Kier alpha value is -2.16. The van der Waals surface area contributed by atoms with Gasteiger partial charge in [0.25, 0.3) is 11.8 Å². The number of benzene rings is 1. The second kappa shape index (κ2) is 3.92. The van der Waals surface area contributed by atoms with Crippen LogP contribution in [0, 0.1) is 11.3 Å². The van der Waals surface area contributed by atoms with Crippen LogP contribution >= 0.6 is 0 Å². The first kappa shape index (κ1) is 11.6. The van der Waals surface area contributed by atoms with Crippen molar-refractivity contribution < 1.29 is 9.59 Å². The van der Waals surface area contributed by atoms with Crippen LogP contribution < -0.4 is 4.90 Å².